The second-order valence-corrected chi connectivity index (χ2v) is 6.53. The molecule has 2 N–H and O–H groups in total. The number of methoxy groups -OCH3 is 1. The molecule has 0 spiro atoms. The molecule has 0 aliphatic carbocycles. The predicted molar refractivity (Wildman–Crippen MR) is 104 cm³/mol. The highest BCUT2D eigenvalue weighted by Gasteiger charge is 2.22. The highest BCUT2D eigenvalue weighted by atomic mass is 35.5. The molecule has 25 heavy (non-hydrogen) atoms. The Labute approximate surface area is 157 Å². The highest BCUT2D eigenvalue weighted by Crippen LogP contribution is 2.26. The standard InChI is InChI=1S/C19H30N2O3.ClH/c1-15(16-7-5-10-20-14-16)13-19(22)21-17-8-3-4-9-18(17)24-12-6-11-23-2;/h3-4,8-9,15-16,20H,5-7,10-14H2,1-2H3,(H,21,22);1H. The smallest absolute Gasteiger partial charge is 0.224 e. The Morgan fingerprint density at radius 1 is 1.36 bits per heavy atom. The van der Waals surface area contributed by atoms with Crippen LogP contribution >= 0.6 is 12.4 Å². The number of piperidine rings is 1. The number of ether oxygens (including phenoxy) is 2. The molecule has 1 aliphatic rings. The first-order chi connectivity index (χ1) is 11.7. The first kappa shape index (κ1) is 21.7. The minimum absolute atomic E-state index is 0. The van der Waals surface area contributed by atoms with E-state index in [2.05, 4.69) is 17.6 Å². The van der Waals surface area contributed by atoms with Gasteiger partial charge in [0.25, 0.3) is 0 Å². The van der Waals surface area contributed by atoms with Gasteiger partial charge in [-0.2, -0.15) is 0 Å². The maximum atomic E-state index is 12.4. The van der Waals surface area contributed by atoms with Crippen molar-refractivity contribution in [1.82, 2.24) is 5.32 Å². The molecular formula is C19H31ClN2O3. The molecule has 1 aliphatic heterocycles. The van der Waals surface area contributed by atoms with Crippen molar-refractivity contribution in [3.63, 3.8) is 0 Å². The van der Waals surface area contributed by atoms with Gasteiger partial charge >= 0.3 is 0 Å². The van der Waals surface area contributed by atoms with Gasteiger partial charge in [0.2, 0.25) is 5.91 Å². The van der Waals surface area contributed by atoms with Gasteiger partial charge in [-0.05, 0) is 49.9 Å². The van der Waals surface area contributed by atoms with E-state index < -0.39 is 0 Å². The van der Waals surface area contributed by atoms with Crippen LogP contribution < -0.4 is 15.4 Å². The normalized spacial score (nSPS) is 18.1. The van der Waals surface area contributed by atoms with Crippen molar-refractivity contribution in [3.05, 3.63) is 24.3 Å². The molecule has 1 amide bonds. The van der Waals surface area contributed by atoms with Gasteiger partial charge in [0.15, 0.2) is 0 Å². The Morgan fingerprint density at radius 3 is 2.88 bits per heavy atom. The molecule has 0 radical (unpaired) electrons. The van der Waals surface area contributed by atoms with Gasteiger partial charge < -0.3 is 20.1 Å². The monoisotopic (exact) mass is 370 g/mol. The Bertz CT molecular complexity index is 507. The SMILES string of the molecule is COCCCOc1ccccc1NC(=O)CC(C)C1CCCNC1.Cl. The topological polar surface area (TPSA) is 59.6 Å². The molecular weight excluding hydrogens is 340 g/mol. The molecule has 142 valence electrons. The van der Waals surface area contributed by atoms with Crippen molar-refractivity contribution in [2.24, 2.45) is 11.8 Å². The third kappa shape index (κ3) is 7.63. The van der Waals surface area contributed by atoms with E-state index in [1.54, 1.807) is 7.11 Å². The van der Waals surface area contributed by atoms with E-state index in [1.165, 1.54) is 12.8 Å². The molecule has 1 heterocycles. The minimum atomic E-state index is 0. The number of para-hydroxylation sites is 2. The van der Waals surface area contributed by atoms with Crippen LogP contribution in [0.1, 0.15) is 32.6 Å². The van der Waals surface area contributed by atoms with E-state index in [0.29, 0.717) is 37.2 Å². The number of hydrogen-bond donors (Lipinski definition) is 2. The van der Waals surface area contributed by atoms with Crippen LogP contribution in [0.3, 0.4) is 0 Å². The average molecular weight is 371 g/mol. The quantitative estimate of drug-likeness (QED) is 0.653. The zero-order valence-corrected chi connectivity index (χ0v) is 16.1. The summed E-state index contributed by atoms with van der Waals surface area (Å²) in [5.74, 6) is 1.74. The summed E-state index contributed by atoms with van der Waals surface area (Å²) < 4.78 is 10.8. The Balaban J connectivity index is 0.00000312. The number of halogens is 1. The first-order valence-electron chi connectivity index (χ1n) is 8.92. The maximum absolute atomic E-state index is 12.4. The van der Waals surface area contributed by atoms with Crippen LogP contribution in [-0.2, 0) is 9.53 Å². The van der Waals surface area contributed by atoms with Crippen LogP contribution in [0.25, 0.3) is 0 Å². The number of rotatable bonds is 9. The largest absolute Gasteiger partial charge is 0.491 e. The van der Waals surface area contributed by atoms with Crippen LogP contribution in [0, 0.1) is 11.8 Å². The van der Waals surface area contributed by atoms with Crippen molar-refractivity contribution in [2.45, 2.75) is 32.6 Å². The predicted octanol–water partition coefficient (Wildman–Crippen LogP) is 3.49. The molecule has 1 fully saturated rings. The van der Waals surface area contributed by atoms with Crippen molar-refractivity contribution >= 4 is 24.0 Å². The zero-order valence-electron chi connectivity index (χ0n) is 15.3. The van der Waals surface area contributed by atoms with Crippen LogP contribution in [0.2, 0.25) is 0 Å². The number of amides is 1. The molecule has 0 aromatic heterocycles. The summed E-state index contributed by atoms with van der Waals surface area (Å²) in [7, 11) is 1.68. The van der Waals surface area contributed by atoms with Crippen molar-refractivity contribution in [2.75, 3.05) is 38.7 Å². The number of carbonyl (C=O) groups is 1. The summed E-state index contributed by atoms with van der Waals surface area (Å²) in [6.45, 7) is 5.54. The molecule has 5 nitrogen and oxygen atoms in total. The summed E-state index contributed by atoms with van der Waals surface area (Å²) in [5, 5.41) is 6.43. The van der Waals surface area contributed by atoms with E-state index in [4.69, 9.17) is 9.47 Å². The lowest BCUT2D eigenvalue weighted by Crippen LogP contribution is -2.34. The van der Waals surface area contributed by atoms with Gasteiger partial charge in [0.05, 0.1) is 12.3 Å². The summed E-state index contributed by atoms with van der Waals surface area (Å²) in [4.78, 5) is 12.4. The number of benzene rings is 1. The lowest BCUT2D eigenvalue weighted by Gasteiger charge is -2.28. The second kappa shape index (κ2) is 12.1. The summed E-state index contributed by atoms with van der Waals surface area (Å²) in [6, 6.07) is 7.59. The molecule has 1 aromatic carbocycles. The van der Waals surface area contributed by atoms with Crippen LogP contribution in [0.4, 0.5) is 5.69 Å². The third-order valence-corrected chi connectivity index (χ3v) is 4.56. The van der Waals surface area contributed by atoms with Crippen LogP contribution in [-0.4, -0.2) is 39.3 Å². The van der Waals surface area contributed by atoms with Gasteiger partial charge in [0, 0.05) is 26.6 Å². The second-order valence-electron chi connectivity index (χ2n) is 6.53. The molecule has 6 heteroatoms. The fourth-order valence-corrected chi connectivity index (χ4v) is 3.11. The molecule has 2 rings (SSSR count). The maximum Gasteiger partial charge on any atom is 0.224 e. The number of nitrogens with one attached hydrogen (secondary N) is 2. The highest BCUT2D eigenvalue weighted by molar-refractivity contribution is 5.92. The fourth-order valence-electron chi connectivity index (χ4n) is 3.11. The number of carbonyl (C=O) groups excluding carboxylic acids is 1. The van der Waals surface area contributed by atoms with Gasteiger partial charge in [-0.3, -0.25) is 4.79 Å². The Kier molecular flexibility index (Phi) is 10.5. The van der Waals surface area contributed by atoms with E-state index in [-0.39, 0.29) is 18.3 Å². The summed E-state index contributed by atoms with van der Waals surface area (Å²) in [6.07, 6.45) is 3.78. The average Bonchev–Trinajstić information content (AvgIpc) is 2.60. The Hall–Kier alpha value is -1.30. The number of anilines is 1. The van der Waals surface area contributed by atoms with Gasteiger partial charge in [-0.15, -0.1) is 12.4 Å². The summed E-state index contributed by atoms with van der Waals surface area (Å²) in [5.41, 5.74) is 0.744. The van der Waals surface area contributed by atoms with Crippen LogP contribution in [0.5, 0.6) is 5.75 Å². The first-order valence-corrected chi connectivity index (χ1v) is 8.92. The molecule has 0 bridgehead atoms. The molecule has 1 saturated heterocycles. The molecule has 0 saturated carbocycles. The molecule has 2 atom stereocenters. The van der Waals surface area contributed by atoms with Crippen molar-refractivity contribution in [3.8, 4) is 5.75 Å². The van der Waals surface area contributed by atoms with Crippen molar-refractivity contribution in [1.29, 1.82) is 0 Å². The lowest BCUT2D eigenvalue weighted by molar-refractivity contribution is -0.117. The van der Waals surface area contributed by atoms with E-state index in [9.17, 15) is 4.79 Å². The van der Waals surface area contributed by atoms with Crippen LogP contribution in [0.15, 0.2) is 24.3 Å². The van der Waals surface area contributed by atoms with Gasteiger partial charge in [-0.25, -0.2) is 0 Å². The molecule has 2 unspecified atom stereocenters. The fraction of sp³-hybridized carbons (Fsp3) is 0.632. The van der Waals surface area contributed by atoms with E-state index in [1.807, 2.05) is 24.3 Å². The van der Waals surface area contributed by atoms with Gasteiger partial charge in [0.1, 0.15) is 5.75 Å². The lowest BCUT2D eigenvalue weighted by atomic mass is 9.85. The van der Waals surface area contributed by atoms with Gasteiger partial charge in [-0.1, -0.05) is 19.1 Å². The van der Waals surface area contributed by atoms with E-state index in [0.717, 1.165) is 25.2 Å². The number of hydrogen-bond acceptors (Lipinski definition) is 4. The van der Waals surface area contributed by atoms with E-state index >= 15 is 0 Å². The summed E-state index contributed by atoms with van der Waals surface area (Å²) >= 11 is 0. The van der Waals surface area contributed by atoms with Crippen molar-refractivity contribution < 1.29 is 14.3 Å². The molecule has 1 aromatic rings. The third-order valence-electron chi connectivity index (χ3n) is 4.56. The minimum Gasteiger partial charge on any atom is -0.491 e. The Morgan fingerprint density at radius 2 is 2.16 bits per heavy atom. The zero-order chi connectivity index (χ0) is 17.2.